The van der Waals surface area contributed by atoms with Crippen molar-refractivity contribution in [1.29, 1.82) is 0 Å². The predicted molar refractivity (Wildman–Crippen MR) is 93.9 cm³/mol. The summed E-state index contributed by atoms with van der Waals surface area (Å²) in [7, 11) is 1.54. The lowest BCUT2D eigenvalue weighted by molar-refractivity contribution is -0.140. The average molecular weight is 349 g/mol. The molecule has 0 spiro atoms. The normalized spacial score (nSPS) is 17.0. The third-order valence-corrected chi connectivity index (χ3v) is 4.40. The second-order valence-corrected chi connectivity index (χ2v) is 7.36. The number of piperidine rings is 1. The van der Waals surface area contributed by atoms with Crippen LogP contribution in [-0.2, 0) is 9.53 Å². The Bertz CT molecular complexity index is 614. The van der Waals surface area contributed by atoms with Crippen LogP contribution in [0, 0.1) is 5.92 Å². The van der Waals surface area contributed by atoms with Gasteiger partial charge in [-0.1, -0.05) is 18.2 Å². The maximum Gasteiger partial charge on any atom is 0.410 e. The van der Waals surface area contributed by atoms with Gasteiger partial charge >= 0.3 is 12.1 Å². The first-order chi connectivity index (χ1) is 11.7. The molecule has 0 saturated carbocycles. The lowest BCUT2D eigenvalue weighted by Crippen LogP contribution is -2.43. The number of likely N-dealkylation sites (tertiary alicyclic amines) is 1. The molecule has 2 rings (SSSR count). The molecule has 1 amide bonds. The molecule has 0 aromatic heterocycles. The summed E-state index contributed by atoms with van der Waals surface area (Å²) in [4.78, 5) is 25.7. The number of ether oxygens (including phenoxy) is 2. The van der Waals surface area contributed by atoms with Crippen LogP contribution in [0.3, 0.4) is 0 Å². The van der Waals surface area contributed by atoms with Crippen molar-refractivity contribution in [3.8, 4) is 5.75 Å². The van der Waals surface area contributed by atoms with Crippen LogP contribution in [0.2, 0.25) is 0 Å². The van der Waals surface area contributed by atoms with E-state index in [4.69, 9.17) is 9.47 Å². The summed E-state index contributed by atoms with van der Waals surface area (Å²) in [5, 5.41) is 9.77. The Morgan fingerprint density at radius 1 is 1.20 bits per heavy atom. The predicted octanol–water partition coefficient (Wildman–Crippen LogP) is 3.51. The van der Waals surface area contributed by atoms with Crippen LogP contribution in [0.5, 0.6) is 5.75 Å². The largest absolute Gasteiger partial charge is 0.496 e. The number of carbonyl (C=O) groups excluding carboxylic acids is 1. The first-order valence-corrected chi connectivity index (χ1v) is 8.56. The SMILES string of the molecule is COc1ccccc1C(C(=O)O)C1CCN(C(=O)OC(C)(C)C)CC1. The number of carbonyl (C=O) groups is 2. The van der Waals surface area contributed by atoms with Crippen molar-refractivity contribution in [2.45, 2.75) is 45.1 Å². The zero-order valence-electron chi connectivity index (χ0n) is 15.3. The average Bonchev–Trinajstić information content (AvgIpc) is 2.54. The lowest BCUT2D eigenvalue weighted by Gasteiger charge is -2.35. The summed E-state index contributed by atoms with van der Waals surface area (Å²) in [6.45, 7) is 6.50. The van der Waals surface area contributed by atoms with Crippen LogP contribution >= 0.6 is 0 Å². The number of hydrogen-bond donors (Lipinski definition) is 1. The molecule has 1 atom stereocenters. The minimum absolute atomic E-state index is 0.0486. The molecule has 1 aromatic carbocycles. The van der Waals surface area contributed by atoms with Gasteiger partial charge < -0.3 is 19.5 Å². The summed E-state index contributed by atoms with van der Waals surface area (Å²) in [5.41, 5.74) is 0.155. The first-order valence-electron chi connectivity index (χ1n) is 8.56. The number of carboxylic acid groups (broad SMARTS) is 1. The summed E-state index contributed by atoms with van der Waals surface area (Å²) in [5.74, 6) is -0.964. The lowest BCUT2D eigenvalue weighted by atomic mass is 9.79. The van der Waals surface area contributed by atoms with E-state index in [1.807, 2.05) is 32.9 Å². The number of hydrogen-bond acceptors (Lipinski definition) is 4. The fourth-order valence-corrected chi connectivity index (χ4v) is 3.25. The summed E-state index contributed by atoms with van der Waals surface area (Å²) in [6.07, 6.45) is 0.901. The number of amides is 1. The van der Waals surface area contributed by atoms with E-state index in [0.29, 0.717) is 37.2 Å². The van der Waals surface area contributed by atoms with Gasteiger partial charge in [-0.25, -0.2) is 4.79 Å². The summed E-state index contributed by atoms with van der Waals surface area (Å²) in [6, 6.07) is 7.23. The minimum Gasteiger partial charge on any atom is -0.496 e. The van der Waals surface area contributed by atoms with Gasteiger partial charge in [0.05, 0.1) is 13.0 Å². The summed E-state index contributed by atoms with van der Waals surface area (Å²) >= 11 is 0. The number of carboxylic acids is 1. The molecule has 1 heterocycles. The standard InChI is InChI=1S/C19H27NO5/c1-19(2,3)25-18(23)20-11-9-13(10-12-20)16(17(21)22)14-7-5-6-8-15(14)24-4/h5-8,13,16H,9-12H2,1-4H3,(H,21,22). The van der Waals surface area contributed by atoms with Crippen molar-refractivity contribution in [1.82, 2.24) is 4.90 Å². The number of benzene rings is 1. The highest BCUT2D eigenvalue weighted by Gasteiger charge is 2.36. The topological polar surface area (TPSA) is 76.1 Å². The zero-order valence-corrected chi connectivity index (χ0v) is 15.3. The number of aliphatic carboxylic acids is 1. The molecular formula is C19H27NO5. The maximum atomic E-state index is 12.2. The maximum absolute atomic E-state index is 12.2. The van der Waals surface area contributed by atoms with E-state index in [-0.39, 0.29) is 12.0 Å². The second-order valence-electron chi connectivity index (χ2n) is 7.36. The van der Waals surface area contributed by atoms with E-state index in [0.717, 1.165) is 0 Å². The second kappa shape index (κ2) is 7.76. The molecule has 1 saturated heterocycles. The van der Waals surface area contributed by atoms with Gasteiger partial charge in [0.1, 0.15) is 11.4 Å². The molecule has 6 nitrogen and oxygen atoms in total. The fraction of sp³-hybridized carbons (Fsp3) is 0.579. The first kappa shape index (κ1) is 19.1. The molecule has 0 bridgehead atoms. The molecule has 1 aromatic rings. The van der Waals surface area contributed by atoms with Gasteiger partial charge in [-0.2, -0.15) is 0 Å². The van der Waals surface area contributed by atoms with Crippen LogP contribution in [-0.4, -0.2) is 47.9 Å². The Morgan fingerprint density at radius 2 is 1.80 bits per heavy atom. The third kappa shape index (κ3) is 4.87. The molecule has 1 aliphatic rings. The Kier molecular flexibility index (Phi) is 5.93. The molecular weight excluding hydrogens is 322 g/mol. The third-order valence-electron chi connectivity index (χ3n) is 4.40. The van der Waals surface area contributed by atoms with Crippen molar-refractivity contribution in [2.75, 3.05) is 20.2 Å². The highest BCUT2D eigenvalue weighted by atomic mass is 16.6. The Labute approximate surface area is 148 Å². The van der Waals surface area contributed by atoms with E-state index >= 15 is 0 Å². The monoisotopic (exact) mass is 349 g/mol. The van der Waals surface area contributed by atoms with E-state index in [2.05, 4.69) is 0 Å². The van der Waals surface area contributed by atoms with Crippen molar-refractivity contribution < 1.29 is 24.2 Å². The number of para-hydroxylation sites is 1. The molecule has 25 heavy (non-hydrogen) atoms. The molecule has 1 N–H and O–H groups in total. The number of rotatable bonds is 4. The molecule has 0 aliphatic carbocycles. The highest BCUT2D eigenvalue weighted by Crippen LogP contribution is 2.37. The van der Waals surface area contributed by atoms with Gasteiger partial charge in [0, 0.05) is 18.7 Å². The van der Waals surface area contributed by atoms with Crippen LogP contribution < -0.4 is 4.74 Å². The Balaban J connectivity index is 2.09. The minimum atomic E-state index is -0.861. The number of methoxy groups -OCH3 is 1. The van der Waals surface area contributed by atoms with E-state index in [1.54, 1.807) is 24.1 Å². The molecule has 1 unspecified atom stereocenters. The van der Waals surface area contributed by atoms with Gasteiger partial charge in [0.15, 0.2) is 0 Å². The Morgan fingerprint density at radius 3 is 2.32 bits per heavy atom. The van der Waals surface area contributed by atoms with Crippen LogP contribution in [0.4, 0.5) is 4.79 Å². The van der Waals surface area contributed by atoms with Crippen molar-refractivity contribution in [3.05, 3.63) is 29.8 Å². The molecule has 1 fully saturated rings. The van der Waals surface area contributed by atoms with Crippen LogP contribution in [0.25, 0.3) is 0 Å². The molecule has 0 radical (unpaired) electrons. The number of nitrogens with zero attached hydrogens (tertiary/aromatic N) is 1. The smallest absolute Gasteiger partial charge is 0.410 e. The van der Waals surface area contributed by atoms with Gasteiger partial charge in [0.2, 0.25) is 0 Å². The van der Waals surface area contributed by atoms with Crippen LogP contribution in [0.15, 0.2) is 24.3 Å². The van der Waals surface area contributed by atoms with Gasteiger partial charge in [0.25, 0.3) is 0 Å². The van der Waals surface area contributed by atoms with Gasteiger partial charge in [-0.3, -0.25) is 4.79 Å². The van der Waals surface area contributed by atoms with Crippen molar-refractivity contribution in [3.63, 3.8) is 0 Å². The van der Waals surface area contributed by atoms with Crippen molar-refractivity contribution >= 4 is 12.1 Å². The van der Waals surface area contributed by atoms with E-state index in [1.165, 1.54) is 0 Å². The highest BCUT2D eigenvalue weighted by molar-refractivity contribution is 5.78. The van der Waals surface area contributed by atoms with Gasteiger partial charge in [-0.15, -0.1) is 0 Å². The van der Waals surface area contributed by atoms with E-state index < -0.39 is 17.5 Å². The zero-order chi connectivity index (χ0) is 18.6. The molecule has 6 heteroatoms. The van der Waals surface area contributed by atoms with E-state index in [9.17, 15) is 14.7 Å². The Hall–Kier alpha value is -2.24. The van der Waals surface area contributed by atoms with Gasteiger partial charge in [-0.05, 0) is 45.6 Å². The summed E-state index contributed by atoms with van der Waals surface area (Å²) < 4.78 is 10.7. The quantitative estimate of drug-likeness (QED) is 0.900. The van der Waals surface area contributed by atoms with Crippen molar-refractivity contribution in [2.24, 2.45) is 5.92 Å². The fourth-order valence-electron chi connectivity index (χ4n) is 3.25. The molecule has 1 aliphatic heterocycles. The van der Waals surface area contributed by atoms with Crippen LogP contribution in [0.1, 0.15) is 45.1 Å². The molecule has 138 valence electrons.